The minimum absolute atomic E-state index is 0.189. The first kappa shape index (κ1) is 12.5. The molecule has 1 aliphatic rings. The fourth-order valence-electron chi connectivity index (χ4n) is 2.08. The van der Waals surface area contributed by atoms with Crippen LogP contribution in [0, 0.1) is 0 Å². The molecule has 2 nitrogen and oxygen atoms in total. The summed E-state index contributed by atoms with van der Waals surface area (Å²) in [6, 6.07) is 9.76. The van der Waals surface area contributed by atoms with Crippen LogP contribution in [0.4, 0.5) is 4.39 Å². The third-order valence-electron chi connectivity index (χ3n) is 3.11. The van der Waals surface area contributed by atoms with Gasteiger partial charge in [-0.15, -0.1) is 0 Å². The van der Waals surface area contributed by atoms with Crippen LogP contribution in [-0.4, -0.2) is 9.97 Å². The Morgan fingerprint density at radius 3 is 2.30 bits per heavy atom. The van der Waals surface area contributed by atoms with Crippen LogP contribution in [0.2, 0.25) is 0 Å². The van der Waals surface area contributed by atoms with Crippen LogP contribution in [0.15, 0.2) is 72.9 Å². The zero-order valence-electron chi connectivity index (χ0n) is 10.8. The van der Waals surface area contributed by atoms with E-state index in [2.05, 4.69) is 9.97 Å². The Morgan fingerprint density at radius 2 is 1.55 bits per heavy atom. The maximum atomic E-state index is 13.1. The van der Waals surface area contributed by atoms with Gasteiger partial charge in [0.15, 0.2) is 5.82 Å². The normalized spacial score (nSPS) is 14.4. The van der Waals surface area contributed by atoms with Gasteiger partial charge < -0.3 is 0 Å². The number of hydrogen-bond acceptors (Lipinski definition) is 2. The van der Waals surface area contributed by atoms with E-state index in [0.717, 1.165) is 16.7 Å². The lowest BCUT2D eigenvalue weighted by atomic mass is 10.0. The molecule has 0 fully saturated rings. The van der Waals surface area contributed by atoms with E-state index in [1.165, 1.54) is 6.08 Å². The number of allylic oxidation sites excluding steroid dienone is 6. The monoisotopic (exact) mass is 264 g/mol. The van der Waals surface area contributed by atoms with E-state index in [9.17, 15) is 4.39 Å². The van der Waals surface area contributed by atoms with Crippen LogP contribution in [0.3, 0.4) is 0 Å². The summed E-state index contributed by atoms with van der Waals surface area (Å²) in [7, 11) is 0. The van der Waals surface area contributed by atoms with Crippen LogP contribution in [0.1, 0.15) is 12.0 Å². The summed E-state index contributed by atoms with van der Waals surface area (Å²) in [4.78, 5) is 8.44. The largest absolute Gasteiger partial charge is 0.237 e. The summed E-state index contributed by atoms with van der Waals surface area (Å²) in [6.45, 7) is 0. The number of aromatic nitrogens is 2. The lowest BCUT2D eigenvalue weighted by molar-refractivity contribution is 0.663. The topological polar surface area (TPSA) is 25.8 Å². The van der Waals surface area contributed by atoms with Crippen molar-refractivity contribution in [1.29, 1.82) is 0 Å². The smallest absolute Gasteiger partial charge is 0.159 e. The summed E-state index contributed by atoms with van der Waals surface area (Å²) in [5.41, 5.74) is 3.05. The first-order chi connectivity index (χ1) is 9.83. The Labute approximate surface area is 117 Å². The van der Waals surface area contributed by atoms with Gasteiger partial charge in [0.05, 0.1) is 0 Å². The second-order valence-corrected chi connectivity index (χ2v) is 4.47. The highest BCUT2D eigenvalue weighted by atomic mass is 19.1. The van der Waals surface area contributed by atoms with E-state index >= 15 is 0 Å². The van der Waals surface area contributed by atoms with Crippen LogP contribution < -0.4 is 0 Å². The summed E-state index contributed by atoms with van der Waals surface area (Å²) in [6.07, 6.45) is 10.9. The number of halogens is 1. The van der Waals surface area contributed by atoms with Gasteiger partial charge in [-0.2, -0.15) is 0 Å². The van der Waals surface area contributed by atoms with Crippen LogP contribution in [-0.2, 0) is 0 Å². The summed E-state index contributed by atoms with van der Waals surface area (Å²) < 4.78 is 13.1. The van der Waals surface area contributed by atoms with Crippen LogP contribution >= 0.6 is 0 Å². The van der Waals surface area contributed by atoms with Gasteiger partial charge in [0.2, 0.25) is 0 Å². The zero-order valence-corrected chi connectivity index (χ0v) is 10.8. The molecule has 20 heavy (non-hydrogen) atoms. The van der Waals surface area contributed by atoms with E-state index in [4.69, 9.17) is 0 Å². The number of nitrogens with zero attached hydrogens (tertiary/aromatic N) is 2. The van der Waals surface area contributed by atoms with E-state index in [1.54, 1.807) is 30.6 Å². The summed E-state index contributed by atoms with van der Waals surface area (Å²) >= 11 is 0. The van der Waals surface area contributed by atoms with Gasteiger partial charge in [-0.1, -0.05) is 36.4 Å². The predicted molar refractivity (Wildman–Crippen MR) is 78.4 cm³/mol. The molecule has 0 atom stereocenters. The second kappa shape index (κ2) is 5.61. The van der Waals surface area contributed by atoms with Crippen molar-refractivity contribution >= 4 is 5.57 Å². The van der Waals surface area contributed by atoms with Crippen molar-refractivity contribution in [2.45, 2.75) is 6.42 Å². The molecule has 0 N–H and O–H groups in total. The lowest BCUT2D eigenvalue weighted by Gasteiger charge is -2.04. The molecule has 1 aromatic heterocycles. The Hall–Kier alpha value is -2.55. The average Bonchev–Trinajstić information content (AvgIpc) is 2.73. The van der Waals surface area contributed by atoms with Gasteiger partial charge >= 0.3 is 0 Å². The molecule has 1 aromatic carbocycles. The molecular weight excluding hydrogens is 251 g/mol. The van der Waals surface area contributed by atoms with Crippen molar-refractivity contribution in [3.05, 3.63) is 78.4 Å². The van der Waals surface area contributed by atoms with Gasteiger partial charge in [-0.3, -0.25) is 0 Å². The number of benzene rings is 1. The van der Waals surface area contributed by atoms with Gasteiger partial charge in [-0.05, 0) is 35.8 Å². The average molecular weight is 264 g/mol. The summed E-state index contributed by atoms with van der Waals surface area (Å²) in [5, 5.41) is 0. The fraction of sp³-hybridized carbons (Fsp3) is 0.0588. The first-order valence-electron chi connectivity index (χ1n) is 6.45. The molecule has 0 aliphatic heterocycles. The maximum Gasteiger partial charge on any atom is 0.159 e. The Balaban J connectivity index is 1.87. The van der Waals surface area contributed by atoms with E-state index in [0.29, 0.717) is 12.2 Å². The molecule has 3 rings (SSSR count). The minimum Gasteiger partial charge on any atom is -0.237 e. The molecule has 3 heteroatoms. The van der Waals surface area contributed by atoms with E-state index in [1.807, 2.05) is 30.3 Å². The quantitative estimate of drug-likeness (QED) is 0.806. The first-order valence-corrected chi connectivity index (χ1v) is 6.45. The van der Waals surface area contributed by atoms with Crippen molar-refractivity contribution < 1.29 is 4.39 Å². The standard InChI is InChI=1S/C17H13FN2/c18-16-4-1-3-13(9-10-16)14-5-7-15(8-6-14)17-19-11-2-12-20-17/h2-12H,1H2. The molecule has 0 spiro atoms. The van der Waals surface area contributed by atoms with Crippen molar-refractivity contribution in [3.8, 4) is 11.4 Å². The molecule has 0 amide bonds. The molecule has 2 aromatic rings. The molecule has 98 valence electrons. The van der Waals surface area contributed by atoms with Crippen LogP contribution in [0.5, 0.6) is 0 Å². The second-order valence-electron chi connectivity index (χ2n) is 4.47. The number of rotatable bonds is 2. The van der Waals surface area contributed by atoms with Crippen LogP contribution in [0.25, 0.3) is 17.0 Å². The molecule has 0 bridgehead atoms. The summed E-state index contributed by atoms with van der Waals surface area (Å²) in [5.74, 6) is 0.516. The molecular formula is C17H13FN2. The Kier molecular flexibility index (Phi) is 3.50. The van der Waals surface area contributed by atoms with Gasteiger partial charge in [0.25, 0.3) is 0 Å². The fourth-order valence-corrected chi connectivity index (χ4v) is 2.08. The maximum absolute atomic E-state index is 13.1. The molecule has 0 saturated heterocycles. The Bertz CT molecular complexity index is 683. The van der Waals surface area contributed by atoms with E-state index < -0.39 is 0 Å². The highest BCUT2D eigenvalue weighted by Gasteiger charge is 2.03. The Morgan fingerprint density at radius 1 is 0.850 bits per heavy atom. The molecule has 0 unspecified atom stereocenters. The lowest BCUT2D eigenvalue weighted by Crippen LogP contribution is -1.87. The molecule has 0 radical (unpaired) electrons. The zero-order chi connectivity index (χ0) is 13.8. The SMILES string of the molecule is FC1=CCC=C(c2ccc(-c3ncccn3)cc2)C=C1. The van der Waals surface area contributed by atoms with Gasteiger partial charge in [-0.25, -0.2) is 14.4 Å². The number of hydrogen-bond donors (Lipinski definition) is 0. The van der Waals surface area contributed by atoms with Gasteiger partial charge in [0.1, 0.15) is 5.83 Å². The van der Waals surface area contributed by atoms with Crippen molar-refractivity contribution in [1.82, 2.24) is 9.97 Å². The highest BCUT2D eigenvalue weighted by Crippen LogP contribution is 2.23. The minimum atomic E-state index is -0.189. The van der Waals surface area contributed by atoms with Crippen molar-refractivity contribution in [3.63, 3.8) is 0 Å². The molecule has 1 aliphatic carbocycles. The molecule has 0 saturated carbocycles. The third-order valence-corrected chi connectivity index (χ3v) is 3.11. The van der Waals surface area contributed by atoms with E-state index in [-0.39, 0.29) is 5.83 Å². The van der Waals surface area contributed by atoms with Gasteiger partial charge in [0, 0.05) is 18.0 Å². The van der Waals surface area contributed by atoms with Crippen molar-refractivity contribution in [2.75, 3.05) is 0 Å². The third kappa shape index (κ3) is 2.72. The highest BCUT2D eigenvalue weighted by molar-refractivity contribution is 5.76. The predicted octanol–water partition coefficient (Wildman–Crippen LogP) is 4.34. The van der Waals surface area contributed by atoms with Crippen molar-refractivity contribution in [2.24, 2.45) is 0 Å². The molecule has 1 heterocycles.